The fourth-order valence-corrected chi connectivity index (χ4v) is 4.75. The molecule has 2 aromatic heterocycles. The van der Waals surface area contributed by atoms with Gasteiger partial charge in [0.25, 0.3) is 0 Å². The van der Waals surface area contributed by atoms with Gasteiger partial charge in [-0.15, -0.1) is 0 Å². The number of aryl methyl sites for hydroxylation is 2. The Morgan fingerprint density at radius 3 is 2.86 bits per heavy atom. The summed E-state index contributed by atoms with van der Waals surface area (Å²) in [6, 6.07) is 15.7. The summed E-state index contributed by atoms with van der Waals surface area (Å²) in [6.07, 6.45) is 4.47. The van der Waals surface area contributed by atoms with E-state index in [4.69, 9.17) is 10.1 Å². The Balaban J connectivity index is 1.30. The minimum Gasteiger partial charge on any atom is -0.367 e. The van der Waals surface area contributed by atoms with E-state index in [2.05, 4.69) is 29.6 Å². The maximum Gasteiger partial charge on any atom is 0.127 e. The molecule has 1 aliphatic carbocycles. The molecule has 148 valence electrons. The molecular formula is C24H25FN4. The number of pyridine rings is 1. The summed E-state index contributed by atoms with van der Waals surface area (Å²) in [4.78, 5) is 4.70. The Labute approximate surface area is 169 Å². The van der Waals surface area contributed by atoms with Crippen LogP contribution < -0.4 is 5.32 Å². The zero-order chi connectivity index (χ0) is 20.0. The van der Waals surface area contributed by atoms with Crippen LogP contribution in [0, 0.1) is 18.7 Å². The second-order valence-corrected chi connectivity index (χ2v) is 8.30. The predicted molar refractivity (Wildman–Crippen MR) is 116 cm³/mol. The number of aromatic nitrogens is 3. The number of nitrogens with one attached hydrogen (secondary N) is 1. The largest absolute Gasteiger partial charge is 0.367 e. The first-order valence-corrected chi connectivity index (χ1v) is 10.3. The molecule has 0 spiro atoms. The Bertz CT molecular complexity index is 1200. The maximum atomic E-state index is 13.5. The van der Waals surface area contributed by atoms with Gasteiger partial charge in [-0.05, 0) is 74.4 Å². The fourth-order valence-electron chi connectivity index (χ4n) is 4.75. The molecule has 1 aliphatic rings. The van der Waals surface area contributed by atoms with Gasteiger partial charge in [0.05, 0.1) is 16.7 Å². The van der Waals surface area contributed by atoms with Crippen LogP contribution in [0.15, 0.2) is 48.5 Å². The summed E-state index contributed by atoms with van der Waals surface area (Å²) in [5.41, 5.74) is 4.29. The number of hydrogen-bond donors (Lipinski definition) is 1. The minimum absolute atomic E-state index is 0.219. The molecule has 1 saturated carbocycles. The van der Waals surface area contributed by atoms with Crippen molar-refractivity contribution in [3.8, 4) is 0 Å². The normalized spacial score (nSPS) is 19.3. The van der Waals surface area contributed by atoms with Gasteiger partial charge >= 0.3 is 0 Å². The lowest BCUT2D eigenvalue weighted by Crippen LogP contribution is -2.17. The second-order valence-electron chi connectivity index (χ2n) is 8.30. The van der Waals surface area contributed by atoms with E-state index in [0.717, 1.165) is 41.5 Å². The first kappa shape index (κ1) is 18.1. The van der Waals surface area contributed by atoms with Crippen molar-refractivity contribution >= 4 is 27.6 Å². The molecular weight excluding hydrogens is 363 g/mol. The lowest BCUT2D eigenvalue weighted by Gasteiger charge is -2.15. The standard InChI is InChI=1S/C24H25FN4/c1-15-11-24(27-21-10-8-17(25)14-20(15)21)26-18-9-7-16(12-18)13-22-19-5-3-4-6-23(19)29(2)28-22/h3-6,8,10-11,14,16,18H,7,9,12-13H2,1-2H3,(H,26,27)/t16-,18-/m0/s1. The molecule has 1 fully saturated rings. The van der Waals surface area contributed by atoms with E-state index in [-0.39, 0.29) is 5.82 Å². The molecule has 0 aliphatic heterocycles. The highest BCUT2D eigenvalue weighted by Gasteiger charge is 2.26. The van der Waals surface area contributed by atoms with E-state index in [1.807, 2.05) is 24.7 Å². The van der Waals surface area contributed by atoms with Crippen LogP contribution >= 0.6 is 0 Å². The van der Waals surface area contributed by atoms with Crippen LogP contribution in [0.2, 0.25) is 0 Å². The Morgan fingerprint density at radius 2 is 1.97 bits per heavy atom. The minimum atomic E-state index is -0.219. The number of halogens is 1. The van der Waals surface area contributed by atoms with E-state index in [0.29, 0.717) is 12.0 Å². The number of nitrogens with zero attached hydrogens (tertiary/aromatic N) is 3. The van der Waals surface area contributed by atoms with Gasteiger partial charge in [0.2, 0.25) is 0 Å². The smallest absolute Gasteiger partial charge is 0.127 e. The van der Waals surface area contributed by atoms with Gasteiger partial charge in [-0.3, -0.25) is 4.68 Å². The monoisotopic (exact) mass is 388 g/mol. The van der Waals surface area contributed by atoms with Gasteiger partial charge in [-0.25, -0.2) is 9.37 Å². The first-order valence-electron chi connectivity index (χ1n) is 10.3. The second kappa shape index (κ2) is 7.14. The third-order valence-electron chi connectivity index (χ3n) is 6.19. The van der Waals surface area contributed by atoms with Crippen LogP contribution in [-0.2, 0) is 13.5 Å². The molecule has 4 aromatic rings. The highest BCUT2D eigenvalue weighted by atomic mass is 19.1. The van der Waals surface area contributed by atoms with Crippen molar-refractivity contribution in [2.24, 2.45) is 13.0 Å². The van der Waals surface area contributed by atoms with Crippen molar-refractivity contribution in [2.75, 3.05) is 5.32 Å². The Morgan fingerprint density at radius 1 is 1.10 bits per heavy atom. The number of benzene rings is 2. The number of hydrogen-bond acceptors (Lipinski definition) is 3. The molecule has 0 unspecified atom stereocenters. The molecule has 2 heterocycles. The SMILES string of the molecule is Cc1cc(N[C@H]2CC[C@H](Cc3nn(C)c4ccccc34)C2)nc2ccc(F)cc12. The van der Waals surface area contributed by atoms with Crippen molar-refractivity contribution in [3.05, 3.63) is 65.6 Å². The summed E-state index contributed by atoms with van der Waals surface area (Å²) < 4.78 is 15.5. The van der Waals surface area contributed by atoms with E-state index in [1.165, 1.54) is 29.1 Å². The van der Waals surface area contributed by atoms with Crippen molar-refractivity contribution in [3.63, 3.8) is 0 Å². The number of anilines is 1. The van der Waals surface area contributed by atoms with E-state index >= 15 is 0 Å². The van der Waals surface area contributed by atoms with Gasteiger partial charge in [0.15, 0.2) is 0 Å². The van der Waals surface area contributed by atoms with Crippen LogP contribution in [0.4, 0.5) is 10.2 Å². The first-order chi connectivity index (χ1) is 14.1. The van der Waals surface area contributed by atoms with E-state index in [9.17, 15) is 4.39 Å². The van der Waals surface area contributed by atoms with Crippen LogP contribution in [-0.4, -0.2) is 20.8 Å². The third-order valence-corrected chi connectivity index (χ3v) is 6.19. The van der Waals surface area contributed by atoms with Gasteiger partial charge in [0.1, 0.15) is 11.6 Å². The third kappa shape index (κ3) is 3.46. The fraction of sp³-hybridized carbons (Fsp3) is 0.333. The van der Waals surface area contributed by atoms with Crippen molar-refractivity contribution < 1.29 is 4.39 Å². The molecule has 29 heavy (non-hydrogen) atoms. The highest BCUT2D eigenvalue weighted by Crippen LogP contribution is 2.32. The number of para-hydroxylation sites is 1. The van der Waals surface area contributed by atoms with Crippen molar-refractivity contribution in [1.29, 1.82) is 0 Å². The predicted octanol–water partition coefficient (Wildman–Crippen LogP) is 5.39. The molecule has 2 aromatic carbocycles. The molecule has 1 N–H and O–H groups in total. The molecule has 0 amide bonds. The van der Waals surface area contributed by atoms with Crippen LogP contribution in [0.3, 0.4) is 0 Å². The molecule has 0 bridgehead atoms. The van der Waals surface area contributed by atoms with Crippen LogP contribution in [0.5, 0.6) is 0 Å². The molecule has 0 radical (unpaired) electrons. The van der Waals surface area contributed by atoms with E-state index < -0.39 is 0 Å². The van der Waals surface area contributed by atoms with Crippen LogP contribution in [0.1, 0.15) is 30.5 Å². The summed E-state index contributed by atoms with van der Waals surface area (Å²) in [5, 5.41) is 10.5. The molecule has 2 atom stereocenters. The summed E-state index contributed by atoms with van der Waals surface area (Å²) in [7, 11) is 2.02. The van der Waals surface area contributed by atoms with Gasteiger partial charge < -0.3 is 5.32 Å². The molecule has 5 rings (SSSR count). The maximum absolute atomic E-state index is 13.5. The number of fused-ring (bicyclic) bond motifs is 2. The molecule has 4 nitrogen and oxygen atoms in total. The van der Waals surface area contributed by atoms with Crippen molar-refractivity contribution in [2.45, 2.75) is 38.6 Å². The van der Waals surface area contributed by atoms with E-state index in [1.54, 1.807) is 12.1 Å². The van der Waals surface area contributed by atoms with Gasteiger partial charge in [0, 0.05) is 23.9 Å². The summed E-state index contributed by atoms with van der Waals surface area (Å²) in [6.45, 7) is 2.01. The topological polar surface area (TPSA) is 42.7 Å². The Hall–Kier alpha value is -2.95. The van der Waals surface area contributed by atoms with Crippen molar-refractivity contribution in [1.82, 2.24) is 14.8 Å². The zero-order valence-electron chi connectivity index (χ0n) is 16.8. The quantitative estimate of drug-likeness (QED) is 0.509. The average molecular weight is 388 g/mol. The lowest BCUT2D eigenvalue weighted by molar-refractivity contribution is 0.530. The average Bonchev–Trinajstić information content (AvgIpc) is 3.27. The molecule has 0 saturated heterocycles. The van der Waals surface area contributed by atoms with Crippen LogP contribution in [0.25, 0.3) is 21.8 Å². The highest BCUT2D eigenvalue weighted by molar-refractivity contribution is 5.84. The Kier molecular flexibility index (Phi) is 4.46. The number of rotatable bonds is 4. The summed E-state index contributed by atoms with van der Waals surface area (Å²) >= 11 is 0. The van der Waals surface area contributed by atoms with Gasteiger partial charge in [-0.1, -0.05) is 18.2 Å². The van der Waals surface area contributed by atoms with Gasteiger partial charge in [-0.2, -0.15) is 5.10 Å². The summed E-state index contributed by atoms with van der Waals surface area (Å²) in [5.74, 6) is 1.29. The molecule has 5 heteroatoms. The zero-order valence-corrected chi connectivity index (χ0v) is 16.8. The lowest BCUT2D eigenvalue weighted by atomic mass is 9.99.